The zero-order valence-electron chi connectivity index (χ0n) is 16.4. The van der Waals surface area contributed by atoms with Crippen molar-refractivity contribution in [3.63, 3.8) is 0 Å². The number of nitrogens with one attached hydrogen (secondary N) is 1. The van der Waals surface area contributed by atoms with Crippen LogP contribution in [0.5, 0.6) is 0 Å². The van der Waals surface area contributed by atoms with Gasteiger partial charge in [-0.2, -0.15) is 0 Å². The summed E-state index contributed by atoms with van der Waals surface area (Å²) in [5.74, 6) is -0.790. The Bertz CT molecular complexity index is 978. The summed E-state index contributed by atoms with van der Waals surface area (Å²) in [5.41, 5.74) is 2.40. The van der Waals surface area contributed by atoms with Crippen molar-refractivity contribution >= 4 is 11.9 Å². The molecular formula is C24H23NO4. The van der Waals surface area contributed by atoms with E-state index in [9.17, 15) is 14.7 Å². The van der Waals surface area contributed by atoms with Gasteiger partial charge in [0, 0.05) is 5.56 Å². The normalized spacial score (nSPS) is 12.7. The Morgan fingerprint density at radius 3 is 2.00 bits per heavy atom. The Morgan fingerprint density at radius 2 is 1.41 bits per heavy atom. The van der Waals surface area contributed by atoms with E-state index >= 15 is 0 Å². The third-order valence-corrected chi connectivity index (χ3v) is 4.78. The molecule has 0 saturated heterocycles. The molecule has 0 aliphatic rings. The lowest BCUT2D eigenvalue weighted by atomic mass is 9.93. The molecule has 2 N–H and O–H groups in total. The monoisotopic (exact) mass is 389 g/mol. The van der Waals surface area contributed by atoms with E-state index < -0.39 is 11.6 Å². The molecule has 0 heterocycles. The third-order valence-electron chi connectivity index (χ3n) is 4.78. The summed E-state index contributed by atoms with van der Waals surface area (Å²) in [6.45, 7) is 1.71. The summed E-state index contributed by atoms with van der Waals surface area (Å²) in [6.07, 6.45) is 0. The number of rotatable bonds is 6. The summed E-state index contributed by atoms with van der Waals surface area (Å²) >= 11 is 0. The molecule has 29 heavy (non-hydrogen) atoms. The fourth-order valence-corrected chi connectivity index (χ4v) is 2.98. The van der Waals surface area contributed by atoms with Crippen LogP contribution < -0.4 is 5.32 Å². The molecular weight excluding hydrogens is 366 g/mol. The summed E-state index contributed by atoms with van der Waals surface area (Å²) in [7, 11) is 1.30. The first-order chi connectivity index (χ1) is 13.9. The Morgan fingerprint density at radius 1 is 0.862 bits per heavy atom. The molecule has 0 aliphatic heterocycles. The van der Waals surface area contributed by atoms with Gasteiger partial charge < -0.3 is 15.2 Å². The van der Waals surface area contributed by atoms with Crippen LogP contribution in [0.2, 0.25) is 0 Å². The maximum Gasteiger partial charge on any atom is 0.337 e. The standard InChI is InChI=1S/C24H23NO4/c1-24(28,21-14-12-18(13-15-21)17-6-4-3-5-7-17)16-25-22(26)19-8-10-20(11-9-19)23(27)29-2/h3-15,28H,16H2,1-2H3,(H,25,26). The molecule has 3 aromatic rings. The van der Waals surface area contributed by atoms with Gasteiger partial charge in [0.2, 0.25) is 0 Å². The molecule has 3 aromatic carbocycles. The van der Waals surface area contributed by atoms with Crippen molar-refractivity contribution in [2.24, 2.45) is 0 Å². The highest BCUT2D eigenvalue weighted by Crippen LogP contribution is 2.25. The van der Waals surface area contributed by atoms with Crippen LogP contribution in [-0.4, -0.2) is 30.6 Å². The Balaban J connectivity index is 1.64. The second-order valence-electron chi connectivity index (χ2n) is 6.97. The van der Waals surface area contributed by atoms with E-state index in [0.29, 0.717) is 16.7 Å². The molecule has 3 rings (SSSR count). The minimum Gasteiger partial charge on any atom is -0.465 e. The Kier molecular flexibility index (Phi) is 6.10. The van der Waals surface area contributed by atoms with Crippen LogP contribution in [0, 0.1) is 0 Å². The molecule has 1 unspecified atom stereocenters. The predicted octanol–water partition coefficient (Wildman–Crippen LogP) is 3.78. The van der Waals surface area contributed by atoms with Crippen LogP contribution in [0.3, 0.4) is 0 Å². The number of ether oxygens (including phenoxy) is 1. The molecule has 5 heteroatoms. The number of aliphatic hydroxyl groups is 1. The molecule has 0 aromatic heterocycles. The maximum atomic E-state index is 12.4. The van der Waals surface area contributed by atoms with Crippen molar-refractivity contribution in [1.82, 2.24) is 5.32 Å². The van der Waals surface area contributed by atoms with Crippen molar-refractivity contribution < 1.29 is 19.4 Å². The van der Waals surface area contributed by atoms with Crippen LogP contribution in [0.4, 0.5) is 0 Å². The van der Waals surface area contributed by atoms with Gasteiger partial charge in [0.15, 0.2) is 0 Å². The maximum absolute atomic E-state index is 12.4. The van der Waals surface area contributed by atoms with Crippen molar-refractivity contribution in [1.29, 1.82) is 0 Å². The Hall–Kier alpha value is -3.44. The second kappa shape index (κ2) is 8.71. The van der Waals surface area contributed by atoms with E-state index in [-0.39, 0.29) is 12.5 Å². The first kappa shape index (κ1) is 20.3. The number of carbonyl (C=O) groups excluding carboxylic acids is 2. The predicted molar refractivity (Wildman–Crippen MR) is 112 cm³/mol. The van der Waals surface area contributed by atoms with Gasteiger partial charge >= 0.3 is 5.97 Å². The SMILES string of the molecule is COC(=O)c1ccc(C(=O)NCC(C)(O)c2ccc(-c3ccccc3)cc2)cc1. The highest BCUT2D eigenvalue weighted by Gasteiger charge is 2.24. The lowest BCUT2D eigenvalue weighted by Gasteiger charge is -2.24. The lowest BCUT2D eigenvalue weighted by Crippen LogP contribution is -2.38. The lowest BCUT2D eigenvalue weighted by molar-refractivity contribution is 0.0526. The molecule has 0 saturated carbocycles. The Labute approximate surface area is 170 Å². The smallest absolute Gasteiger partial charge is 0.337 e. The number of hydrogen-bond acceptors (Lipinski definition) is 4. The first-order valence-electron chi connectivity index (χ1n) is 9.25. The summed E-state index contributed by atoms with van der Waals surface area (Å²) < 4.78 is 4.64. The third kappa shape index (κ3) is 4.89. The number of methoxy groups -OCH3 is 1. The summed E-state index contributed by atoms with van der Waals surface area (Å²) in [4.78, 5) is 23.8. The number of esters is 1. The topological polar surface area (TPSA) is 75.6 Å². The van der Waals surface area contributed by atoms with Crippen molar-refractivity contribution in [3.8, 4) is 11.1 Å². The van der Waals surface area contributed by atoms with Crippen molar-refractivity contribution in [3.05, 3.63) is 95.6 Å². The van der Waals surface area contributed by atoms with Crippen molar-refractivity contribution in [2.75, 3.05) is 13.7 Å². The van der Waals surface area contributed by atoms with E-state index in [1.165, 1.54) is 19.2 Å². The number of amides is 1. The molecule has 0 spiro atoms. The molecule has 148 valence electrons. The summed E-state index contributed by atoms with van der Waals surface area (Å²) in [5, 5.41) is 13.6. The molecule has 1 atom stereocenters. The van der Waals surface area contributed by atoms with Crippen LogP contribution in [0.1, 0.15) is 33.2 Å². The van der Waals surface area contributed by atoms with Gasteiger partial charge in [0.05, 0.1) is 19.2 Å². The van der Waals surface area contributed by atoms with Gasteiger partial charge in [-0.3, -0.25) is 4.79 Å². The van der Waals surface area contributed by atoms with Crippen LogP contribution in [0.15, 0.2) is 78.9 Å². The average Bonchev–Trinajstić information content (AvgIpc) is 2.78. The molecule has 0 fully saturated rings. The summed E-state index contributed by atoms with van der Waals surface area (Å²) in [6, 6.07) is 23.8. The van der Waals surface area contributed by atoms with E-state index in [2.05, 4.69) is 10.1 Å². The van der Waals surface area contributed by atoms with E-state index in [4.69, 9.17) is 0 Å². The number of carbonyl (C=O) groups is 2. The van der Waals surface area contributed by atoms with Gasteiger partial charge in [-0.25, -0.2) is 4.79 Å². The second-order valence-corrected chi connectivity index (χ2v) is 6.97. The highest BCUT2D eigenvalue weighted by molar-refractivity contribution is 5.96. The number of benzene rings is 3. The fourth-order valence-electron chi connectivity index (χ4n) is 2.98. The largest absolute Gasteiger partial charge is 0.465 e. The quantitative estimate of drug-likeness (QED) is 0.629. The van der Waals surface area contributed by atoms with E-state index in [0.717, 1.165) is 11.1 Å². The van der Waals surface area contributed by atoms with E-state index in [1.54, 1.807) is 19.1 Å². The van der Waals surface area contributed by atoms with Gasteiger partial charge in [0.25, 0.3) is 5.91 Å². The van der Waals surface area contributed by atoms with Crippen molar-refractivity contribution in [2.45, 2.75) is 12.5 Å². The average molecular weight is 389 g/mol. The molecule has 0 bridgehead atoms. The first-order valence-corrected chi connectivity index (χ1v) is 9.25. The minimum atomic E-state index is -1.23. The van der Waals surface area contributed by atoms with E-state index in [1.807, 2.05) is 54.6 Å². The highest BCUT2D eigenvalue weighted by atomic mass is 16.5. The molecule has 0 aliphatic carbocycles. The van der Waals surface area contributed by atoms with Crippen LogP contribution >= 0.6 is 0 Å². The zero-order chi connectivity index (χ0) is 20.9. The van der Waals surface area contributed by atoms with Gasteiger partial charge in [0.1, 0.15) is 5.60 Å². The van der Waals surface area contributed by atoms with Crippen LogP contribution in [-0.2, 0) is 10.3 Å². The molecule has 5 nitrogen and oxygen atoms in total. The fraction of sp³-hybridized carbons (Fsp3) is 0.167. The van der Waals surface area contributed by atoms with Gasteiger partial charge in [-0.1, -0.05) is 54.6 Å². The molecule has 0 radical (unpaired) electrons. The van der Waals surface area contributed by atoms with Gasteiger partial charge in [-0.15, -0.1) is 0 Å². The minimum absolute atomic E-state index is 0.0509. The van der Waals surface area contributed by atoms with Crippen LogP contribution in [0.25, 0.3) is 11.1 Å². The molecule has 1 amide bonds. The number of hydrogen-bond donors (Lipinski definition) is 2. The van der Waals surface area contributed by atoms with Gasteiger partial charge in [-0.05, 0) is 47.9 Å². The zero-order valence-corrected chi connectivity index (χ0v) is 16.4.